The van der Waals surface area contributed by atoms with Crippen molar-refractivity contribution in [2.45, 2.75) is 25.4 Å². The Morgan fingerprint density at radius 3 is 2.87 bits per heavy atom. The van der Waals surface area contributed by atoms with Crippen LogP contribution in [0.25, 0.3) is 0 Å². The van der Waals surface area contributed by atoms with Crippen LogP contribution in [0.2, 0.25) is 5.02 Å². The molecule has 1 fully saturated rings. The van der Waals surface area contributed by atoms with E-state index >= 15 is 0 Å². The Morgan fingerprint density at radius 1 is 1.33 bits per heavy atom. The smallest absolute Gasteiger partial charge is 0.0480 e. The lowest BCUT2D eigenvalue weighted by molar-refractivity contribution is 0.0776. The molecule has 15 heavy (non-hydrogen) atoms. The number of hydrogen-bond donors (Lipinski definition) is 1. The van der Waals surface area contributed by atoms with Crippen LogP contribution in [0.5, 0.6) is 0 Å². The quantitative estimate of drug-likeness (QED) is 0.854. The normalized spacial score (nSPS) is 17.9. The van der Waals surface area contributed by atoms with Gasteiger partial charge in [0.05, 0.1) is 0 Å². The van der Waals surface area contributed by atoms with Crippen molar-refractivity contribution in [2.24, 2.45) is 0 Å². The second kappa shape index (κ2) is 5.50. The number of halogens is 1. The van der Waals surface area contributed by atoms with Crippen molar-refractivity contribution in [1.29, 1.82) is 0 Å². The molecule has 0 amide bonds. The van der Waals surface area contributed by atoms with Crippen molar-refractivity contribution in [3.8, 4) is 0 Å². The molecule has 1 aliphatic heterocycles. The van der Waals surface area contributed by atoms with Crippen LogP contribution in [-0.2, 0) is 11.3 Å². The molecule has 2 rings (SSSR count). The van der Waals surface area contributed by atoms with Gasteiger partial charge in [-0.3, -0.25) is 0 Å². The van der Waals surface area contributed by atoms with Gasteiger partial charge in [-0.05, 0) is 30.5 Å². The summed E-state index contributed by atoms with van der Waals surface area (Å²) in [4.78, 5) is 0. The van der Waals surface area contributed by atoms with Crippen LogP contribution >= 0.6 is 11.6 Å². The van der Waals surface area contributed by atoms with Gasteiger partial charge >= 0.3 is 0 Å². The van der Waals surface area contributed by atoms with Crippen molar-refractivity contribution in [1.82, 2.24) is 5.32 Å². The second-order valence-electron chi connectivity index (χ2n) is 3.90. The summed E-state index contributed by atoms with van der Waals surface area (Å²) in [6, 6.07) is 8.59. The molecule has 0 spiro atoms. The largest absolute Gasteiger partial charge is 0.381 e. The molecule has 0 aromatic heterocycles. The van der Waals surface area contributed by atoms with Crippen LogP contribution in [-0.4, -0.2) is 19.3 Å². The SMILES string of the molecule is Clc1cccc(CNC2CCOCC2)c1. The van der Waals surface area contributed by atoms with Crippen LogP contribution in [0.1, 0.15) is 18.4 Å². The molecule has 0 saturated carbocycles. The van der Waals surface area contributed by atoms with Gasteiger partial charge < -0.3 is 10.1 Å². The molecule has 0 bridgehead atoms. The van der Waals surface area contributed by atoms with E-state index in [2.05, 4.69) is 11.4 Å². The second-order valence-corrected chi connectivity index (χ2v) is 4.33. The fourth-order valence-electron chi connectivity index (χ4n) is 1.81. The van der Waals surface area contributed by atoms with E-state index in [1.807, 2.05) is 18.2 Å². The van der Waals surface area contributed by atoms with Gasteiger partial charge in [0.25, 0.3) is 0 Å². The number of benzene rings is 1. The highest BCUT2D eigenvalue weighted by molar-refractivity contribution is 6.30. The summed E-state index contributed by atoms with van der Waals surface area (Å²) in [5.41, 5.74) is 1.24. The third-order valence-electron chi connectivity index (χ3n) is 2.71. The van der Waals surface area contributed by atoms with Gasteiger partial charge in [-0.1, -0.05) is 23.7 Å². The van der Waals surface area contributed by atoms with Crippen molar-refractivity contribution < 1.29 is 4.74 Å². The van der Waals surface area contributed by atoms with Gasteiger partial charge in [-0.15, -0.1) is 0 Å². The first-order chi connectivity index (χ1) is 7.34. The van der Waals surface area contributed by atoms with Gasteiger partial charge in [0, 0.05) is 30.8 Å². The molecular formula is C12H16ClNO. The fraction of sp³-hybridized carbons (Fsp3) is 0.500. The summed E-state index contributed by atoms with van der Waals surface area (Å²) < 4.78 is 5.31. The molecule has 1 N–H and O–H groups in total. The first-order valence-electron chi connectivity index (χ1n) is 5.40. The molecule has 82 valence electrons. The number of rotatable bonds is 3. The molecule has 0 aliphatic carbocycles. The summed E-state index contributed by atoms with van der Waals surface area (Å²) in [5, 5.41) is 4.33. The first-order valence-corrected chi connectivity index (χ1v) is 5.78. The highest BCUT2D eigenvalue weighted by atomic mass is 35.5. The Balaban J connectivity index is 1.81. The molecule has 2 nitrogen and oxygen atoms in total. The van der Waals surface area contributed by atoms with E-state index in [1.165, 1.54) is 5.56 Å². The highest BCUT2D eigenvalue weighted by Gasteiger charge is 2.12. The van der Waals surface area contributed by atoms with Crippen LogP contribution in [0, 0.1) is 0 Å². The molecule has 1 aromatic carbocycles. The van der Waals surface area contributed by atoms with E-state index in [4.69, 9.17) is 16.3 Å². The monoisotopic (exact) mass is 225 g/mol. The van der Waals surface area contributed by atoms with E-state index in [0.717, 1.165) is 37.6 Å². The summed E-state index contributed by atoms with van der Waals surface area (Å²) in [6.07, 6.45) is 2.22. The van der Waals surface area contributed by atoms with E-state index in [1.54, 1.807) is 0 Å². The Bertz CT molecular complexity index is 310. The third kappa shape index (κ3) is 3.49. The van der Waals surface area contributed by atoms with Crippen LogP contribution < -0.4 is 5.32 Å². The van der Waals surface area contributed by atoms with Crippen LogP contribution in [0.3, 0.4) is 0 Å². The Morgan fingerprint density at radius 2 is 2.13 bits per heavy atom. The predicted octanol–water partition coefficient (Wildman–Crippen LogP) is 2.61. The predicted molar refractivity (Wildman–Crippen MR) is 62.1 cm³/mol. The standard InChI is InChI=1S/C12H16ClNO/c13-11-3-1-2-10(8-11)9-14-12-4-6-15-7-5-12/h1-3,8,12,14H,4-7,9H2. The molecule has 1 heterocycles. The maximum atomic E-state index is 5.92. The van der Waals surface area contributed by atoms with Gasteiger partial charge in [-0.25, -0.2) is 0 Å². The summed E-state index contributed by atoms with van der Waals surface area (Å²) in [6.45, 7) is 2.66. The van der Waals surface area contributed by atoms with E-state index in [-0.39, 0.29) is 0 Å². The van der Waals surface area contributed by atoms with Gasteiger partial charge in [-0.2, -0.15) is 0 Å². The van der Waals surface area contributed by atoms with Gasteiger partial charge in [0.15, 0.2) is 0 Å². The lowest BCUT2D eigenvalue weighted by Gasteiger charge is -2.23. The van der Waals surface area contributed by atoms with Crippen LogP contribution in [0.15, 0.2) is 24.3 Å². The first kappa shape index (κ1) is 10.9. The molecule has 0 unspecified atom stereocenters. The summed E-state index contributed by atoms with van der Waals surface area (Å²) in [7, 11) is 0. The molecule has 1 aliphatic rings. The number of ether oxygens (including phenoxy) is 1. The topological polar surface area (TPSA) is 21.3 Å². The lowest BCUT2D eigenvalue weighted by atomic mass is 10.1. The Kier molecular flexibility index (Phi) is 4.01. The number of hydrogen-bond acceptors (Lipinski definition) is 2. The van der Waals surface area contributed by atoms with Crippen LogP contribution in [0.4, 0.5) is 0 Å². The average molecular weight is 226 g/mol. The molecular weight excluding hydrogens is 210 g/mol. The third-order valence-corrected chi connectivity index (χ3v) is 2.94. The number of nitrogens with one attached hydrogen (secondary N) is 1. The van der Waals surface area contributed by atoms with Crippen molar-refractivity contribution in [3.63, 3.8) is 0 Å². The minimum atomic E-state index is 0.595. The molecule has 1 aromatic rings. The fourth-order valence-corrected chi connectivity index (χ4v) is 2.02. The van der Waals surface area contributed by atoms with E-state index in [9.17, 15) is 0 Å². The lowest BCUT2D eigenvalue weighted by Crippen LogP contribution is -2.34. The van der Waals surface area contributed by atoms with E-state index < -0.39 is 0 Å². The van der Waals surface area contributed by atoms with Crippen molar-refractivity contribution in [3.05, 3.63) is 34.9 Å². The Labute approximate surface area is 95.6 Å². The van der Waals surface area contributed by atoms with Crippen molar-refractivity contribution >= 4 is 11.6 Å². The maximum Gasteiger partial charge on any atom is 0.0480 e. The van der Waals surface area contributed by atoms with Gasteiger partial charge in [0.1, 0.15) is 0 Å². The summed E-state index contributed by atoms with van der Waals surface area (Å²) in [5.74, 6) is 0. The molecule has 0 radical (unpaired) electrons. The van der Waals surface area contributed by atoms with Gasteiger partial charge in [0.2, 0.25) is 0 Å². The zero-order valence-electron chi connectivity index (χ0n) is 8.71. The Hall–Kier alpha value is -0.570. The molecule has 0 atom stereocenters. The highest BCUT2D eigenvalue weighted by Crippen LogP contribution is 2.12. The van der Waals surface area contributed by atoms with Crippen molar-refractivity contribution in [2.75, 3.05) is 13.2 Å². The maximum absolute atomic E-state index is 5.92. The summed E-state index contributed by atoms with van der Waals surface area (Å²) >= 11 is 5.92. The minimum absolute atomic E-state index is 0.595. The average Bonchev–Trinajstić information content (AvgIpc) is 2.28. The zero-order valence-corrected chi connectivity index (χ0v) is 9.46. The molecule has 3 heteroatoms. The molecule has 1 saturated heterocycles. The van der Waals surface area contributed by atoms with E-state index in [0.29, 0.717) is 6.04 Å². The zero-order chi connectivity index (χ0) is 10.5. The minimum Gasteiger partial charge on any atom is -0.381 e.